The number of anilines is 1. The summed E-state index contributed by atoms with van der Waals surface area (Å²) >= 11 is 0. The molecule has 0 N–H and O–H groups in total. The highest BCUT2D eigenvalue weighted by Gasteiger charge is 2.27. The molecule has 0 radical (unpaired) electrons. The Morgan fingerprint density at radius 1 is 1.05 bits per heavy atom. The smallest absolute Gasteiger partial charge is 0.254 e. The van der Waals surface area contributed by atoms with E-state index in [2.05, 4.69) is 23.8 Å². The molecule has 8 nitrogen and oxygen atoms in total. The Hall–Kier alpha value is -3.43. The third kappa shape index (κ3) is 7.40. The number of aromatic nitrogens is 2. The number of likely N-dealkylation sites (N-methyl/N-ethyl adjacent to an activating group) is 1. The number of carbonyl (C=O) groups excluding carboxylic acids is 1. The zero-order valence-corrected chi connectivity index (χ0v) is 24.2. The summed E-state index contributed by atoms with van der Waals surface area (Å²) in [6, 6.07) is 13.9. The van der Waals surface area contributed by atoms with E-state index in [0.29, 0.717) is 44.0 Å². The molecule has 1 aliphatic heterocycles. The lowest BCUT2D eigenvalue weighted by molar-refractivity contribution is 0.0723. The van der Waals surface area contributed by atoms with Gasteiger partial charge in [-0.15, -0.1) is 0 Å². The maximum absolute atomic E-state index is 14.2. The Bertz CT molecular complexity index is 1240. The summed E-state index contributed by atoms with van der Waals surface area (Å²) < 4.78 is 27.2. The van der Waals surface area contributed by atoms with Crippen LogP contribution in [0.5, 0.6) is 5.75 Å². The van der Waals surface area contributed by atoms with Gasteiger partial charge in [-0.3, -0.25) is 4.79 Å². The molecule has 40 heavy (non-hydrogen) atoms. The van der Waals surface area contributed by atoms with Crippen molar-refractivity contribution in [2.45, 2.75) is 39.7 Å². The molecule has 4 rings (SSSR count). The number of unbranched alkanes of at least 4 members (excludes halogenated alkanes) is 1. The monoisotopic (exact) mass is 551 g/mol. The number of carbonyl (C=O) groups is 1. The van der Waals surface area contributed by atoms with Crippen LogP contribution in [0.2, 0.25) is 0 Å². The van der Waals surface area contributed by atoms with Gasteiger partial charge in [0.1, 0.15) is 17.4 Å². The quantitative estimate of drug-likeness (QED) is 0.281. The molecule has 9 heteroatoms. The molecule has 1 aromatic heterocycles. The van der Waals surface area contributed by atoms with Gasteiger partial charge >= 0.3 is 0 Å². The van der Waals surface area contributed by atoms with E-state index in [-0.39, 0.29) is 11.7 Å². The van der Waals surface area contributed by atoms with Crippen LogP contribution in [-0.4, -0.2) is 85.6 Å². The molecular formula is C31H42FN5O3. The number of aryl methyl sites for hydroxylation is 1. The number of amides is 1. The number of nitrogens with zero attached hydrogens (tertiary/aromatic N) is 5. The lowest BCUT2D eigenvalue weighted by Gasteiger charge is -2.35. The van der Waals surface area contributed by atoms with Gasteiger partial charge in [0.2, 0.25) is 0 Å². The van der Waals surface area contributed by atoms with E-state index in [1.807, 2.05) is 46.8 Å². The minimum Gasteiger partial charge on any atom is -0.494 e. The van der Waals surface area contributed by atoms with Crippen molar-refractivity contribution < 1.29 is 18.7 Å². The maximum atomic E-state index is 14.2. The highest BCUT2D eigenvalue weighted by Crippen LogP contribution is 2.30. The highest BCUT2D eigenvalue weighted by atomic mass is 19.1. The van der Waals surface area contributed by atoms with E-state index in [4.69, 9.17) is 14.6 Å². The fraction of sp³-hybridized carbons (Fsp3) is 0.484. The first-order chi connectivity index (χ1) is 19.4. The molecule has 2 aromatic carbocycles. The number of benzene rings is 2. The Kier molecular flexibility index (Phi) is 10.5. The Labute approximate surface area is 237 Å². The molecule has 0 spiro atoms. The molecule has 1 saturated heterocycles. The first-order valence-corrected chi connectivity index (χ1v) is 14.2. The van der Waals surface area contributed by atoms with Crippen LogP contribution in [0.1, 0.15) is 47.8 Å². The number of hydrogen-bond acceptors (Lipinski definition) is 6. The van der Waals surface area contributed by atoms with Gasteiger partial charge < -0.3 is 24.2 Å². The van der Waals surface area contributed by atoms with E-state index >= 15 is 0 Å². The van der Waals surface area contributed by atoms with Crippen molar-refractivity contribution in [2.75, 3.05) is 65.0 Å². The minimum atomic E-state index is -0.310. The largest absolute Gasteiger partial charge is 0.494 e. The number of halogens is 1. The summed E-state index contributed by atoms with van der Waals surface area (Å²) in [4.78, 5) is 20.3. The highest BCUT2D eigenvalue weighted by molar-refractivity contribution is 5.94. The lowest BCUT2D eigenvalue weighted by atomic mass is 10.1. The van der Waals surface area contributed by atoms with Crippen molar-refractivity contribution in [1.29, 1.82) is 0 Å². The van der Waals surface area contributed by atoms with Crippen molar-refractivity contribution in [2.24, 2.45) is 0 Å². The van der Waals surface area contributed by atoms with Gasteiger partial charge in [-0.1, -0.05) is 19.4 Å². The number of methoxy groups -OCH3 is 1. The van der Waals surface area contributed by atoms with Gasteiger partial charge in [-0.25, -0.2) is 9.07 Å². The fourth-order valence-electron chi connectivity index (χ4n) is 4.92. The summed E-state index contributed by atoms with van der Waals surface area (Å²) in [5.74, 6) is 1.31. The van der Waals surface area contributed by atoms with E-state index in [1.165, 1.54) is 12.1 Å². The van der Waals surface area contributed by atoms with Crippen molar-refractivity contribution in [3.05, 3.63) is 71.2 Å². The van der Waals surface area contributed by atoms with Gasteiger partial charge in [0.15, 0.2) is 0 Å². The molecule has 0 saturated carbocycles. The van der Waals surface area contributed by atoms with Gasteiger partial charge in [-0.2, -0.15) is 5.10 Å². The third-order valence-electron chi connectivity index (χ3n) is 7.29. The van der Waals surface area contributed by atoms with Crippen LogP contribution in [0, 0.1) is 12.7 Å². The van der Waals surface area contributed by atoms with Crippen molar-refractivity contribution in [3.63, 3.8) is 0 Å². The lowest BCUT2D eigenvalue weighted by Crippen LogP contribution is -2.45. The number of hydrogen-bond donors (Lipinski definition) is 0. The zero-order valence-electron chi connectivity index (χ0n) is 24.2. The molecule has 1 fully saturated rings. The van der Waals surface area contributed by atoms with Crippen molar-refractivity contribution in [1.82, 2.24) is 19.6 Å². The summed E-state index contributed by atoms with van der Waals surface area (Å²) in [6.07, 6.45) is 2.77. The van der Waals surface area contributed by atoms with E-state index in [9.17, 15) is 9.18 Å². The van der Waals surface area contributed by atoms with Crippen LogP contribution in [0.4, 0.5) is 10.2 Å². The Balaban J connectivity index is 1.66. The van der Waals surface area contributed by atoms with Crippen molar-refractivity contribution >= 4 is 11.7 Å². The second kappa shape index (κ2) is 14.3. The number of piperazine rings is 1. The van der Waals surface area contributed by atoms with E-state index in [1.54, 1.807) is 13.2 Å². The van der Waals surface area contributed by atoms with Crippen LogP contribution >= 0.6 is 0 Å². The summed E-state index contributed by atoms with van der Waals surface area (Å²) in [7, 11) is 3.78. The first kappa shape index (κ1) is 29.6. The van der Waals surface area contributed by atoms with Gasteiger partial charge in [0.05, 0.1) is 24.5 Å². The molecule has 2 heterocycles. The maximum Gasteiger partial charge on any atom is 0.254 e. The van der Waals surface area contributed by atoms with E-state index < -0.39 is 0 Å². The first-order valence-electron chi connectivity index (χ1n) is 14.2. The SMILES string of the molecule is CCCCOc1ccc(C(=O)N(CCCOC)Cc2c(C)nn(-c3cccc(F)c3)c2N2CCN(C)CC2)cc1. The van der Waals surface area contributed by atoms with Crippen LogP contribution in [-0.2, 0) is 11.3 Å². The van der Waals surface area contributed by atoms with Crippen molar-refractivity contribution in [3.8, 4) is 11.4 Å². The molecule has 0 unspecified atom stereocenters. The summed E-state index contributed by atoms with van der Waals surface area (Å²) in [5, 5.41) is 4.86. The van der Waals surface area contributed by atoms with Crippen LogP contribution in [0.3, 0.4) is 0 Å². The molecule has 0 atom stereocenters. The third-order valence-corrected chi connectivity index (χ3v) is 7.29. The molecule has 3 aromatic rings. The normalized spacial score (nSPS) is 14.0. The summed E-state index contributed by atoms with van der Waals surface area (Å²) in [5.41, 5.74) is 3.07. The fourth-order valence-corrected chi connectivity index (χ4v) is 4.92. The average molecular weight is 552 g/mol. The summed E-state index contributed by atoms with van der Waals surface area (Å²) in [6.45, 7) is 9.70. The van der Waals surface area contributed by atoms with Crippen LogP contribution in [0.15, 0.2) is 48.5 Å². The number of ether oxygens (including phenoxy) is 2. The second-order valence-electron chi connectivity index (χ2n) is 10.4. The van der Waals surface area contributed by atoms with Crippen LogP contribution < -0.4 is 9.64 Å². The van der Waals surface area contributed by atoms with Gasteiger partial charge in [-0.05, 0) is 69.3 Å². The average Bonchev–Trinajstić information content (AvgIpc) is 3.28. The van der Waals surface area contributed by atoms with E-state index in [0.717, 1.165) is 61.8 Å². The standard InChI is InChI=1S/C31H42FN5O3/c1-5-6-21-40-28-13-11-25(12-14-28)31(38)36(15-8-20-39-4)23-29-24(2)33-37(27-10-7-9-26(32)22-27)30(29)35-18-16-34(3)17-19-35/h7,9-14,22H,5-6,8,15-21,23H2,1-4H3. The Morgan fingerprint density at radius 2 is 1.80 bits per heavy atom. The van der Waals surface area contributed by atoms with Gasteiger partial charge in [0.25, 0.3) is 5.91 Å². The predicted octanol–water partition coefficient (Wildman–Crippen LogP) is 4.93. The predicted molar refractivity (Wildman–Crippen MR) is 156 cm³/mol. The zero-order chi connectivity index (χ0) is 28.5. The Morgan fingerprint density at radius 3 is 2.48 bits per heavy atom. The minimum absolute atomic E-state index is 0.0570. The second-order valence-corrected chi connectivity index (χ2v) is 10.4. The molecule has 0 aliphatic carbocycles. The van der Waals surface area contributed by atoms with Crippen LogP contribution in [0.25, 0.3) is 5.69 Å². The molecule has 0 bridgehead atoms. The molecular weight excluding hydrogens is 509 g/mol. The molecule has 1 amide bonds. The molecule has 216 valence electrons. The number of rotatable bonds is 13. The topological polar surface area (TPSA) is 63.1 Å². The molecule has 1 aliphatic rings. The van der Waals surface area contributed by atoms with Gasteiger partial charge in [0, 0.05) is 57.6 Å².